The number of benzene rings is 1. The molecule has 4 nitrogen and oxygen atoms in total. The number of rotatable bonds is 4. The lowest BCUT2D eigenvalue weighted by atomic mass is 9.96. The second-order valence-electron chi connectivity index (χ2n) is 3.71. The second-order valence-corrected chi connectivity index (χ2v) is 3.71. The molecule has 1 amide bonds. The zero-order chi connectivity index (χ0) is 12.1. The summed E-state index contributed by atoms with van der Waals surface area (Å²) < 4.78 is 5.24. The fourth-order valence-electron chi connectivity index (χ4n) is 1.54. The van der Waals surface area contributed by atoms with Gasteiger partial charge in [-0.05, 0) is 30.0 Å². The first kappa shape index (κ1) is 12.5. The van der Waals surface area contributed by atoms with E-state index in [1.54, 1.807) is 24.7 Å². The molecule has 0 saturated carbocycles. The van der Waals surface area contributed by atoms with Crippen molar-refractivity contribution in [1.82, 2.24) is 5.48 Å². The first-order valence-electron chi connectivity index (χ1n) is 5.26. The van der Waals surface area contributed by atoms with Gasteiger partial charge in [0.2, 0.25) is 0 Å². The Morgan fingerprint density at radius 2 is 2.25 bits per heavy atom. The summed E-state index contributed by atoms with van der Waals surface area (Å²) in [5, 5.41) is 8.54. The van der Waals surface area contributed by atoms with Gasteiger partial charge in [-0.2, -0.15) is 0 Å². The highest BCUT2D eigenvalue weighted by atomic mass is 16.5. The molecule has 4 heteroatoms. The van der Waals surface area contributed by atoms with E-state index in [-0.39, 0.29) is 0 Å². The number of hydrogen-bond donors (Lipinski definition) is 2. The van der Waals surface area contributed by atoms with Crippen LogP contribution in [0.4, 0.5) is 0 Å². The lowest BCUT2D eigenvalue weighted by molar-refractivity contribution is 0.0706. The Balaban J connectivity index is 3.11. The van der Waals surface area contributed by atoms with Crippen molar-refractivity contribution in [2.75, 3.05) is 7.11 Å². The normalized spacial score (nSPS) is 12.0. The molecule has 0 aromatic heterocycles. The van der Waals surface area contributed by atoms with Gasteiger partial charge in [0.15, 0.2) is 0 Å². The lowest BCUT2D eigenvalue weighted by Gasteiger charge is -2.14. The van der Waals surface area contributed by atoms with Crippen LogP contribution in [0.2, 0.25) is 0 Å². The standard InChI is InChI=1S/C12H17NO3/c1-4-8(2)10-6-5-9(12(14)13-15)7-11(10)16-3/h5-8,15H,4H2,1-3H3,(H,13,14). The summed E-state index contributed by atoms with van der Waals surface area (Å²) in [6, 6.07) is 5.17. The highest BCUT2D eigenvalue weighted by Gasteiger charge is 2.13. The number of hydrogen-bond acceptors (Lipinski definition) is 3. The molecular formula is C12H17NO3. The van der Waals surface area contributed by atoms with Crippen LogP contribution >= 0.6 is 0 Å². The third-order valence-electron chi connectivity index (χ3n) is 2.74. The third kappa shape index (κ3) is 2.52. The molecule has 1 aromatic carbocycles. The predicted molar refractivity (Wildman–Crippen MR) is 61.0 cm³/mol. The maximum atomic E-state index is 11.2. The Labute approximate surface area is 95.2 Å². The molecule has 0 spiro atoms. The number of carbonyl (C=O) groups excluding carboxylic acids is 1. The van der Waals surface area contributed by atoms with Gasteiger partial charge in [0.25, 0.3) is 5.91 Å². The van der Waals surface area contributed by atoms with Crippen molar-refractivity contribution in [2.45, 2.75) is 26.2 Å². The molecule has 0 aliphatic rings. The SMILES string of the molecule is CCC(C)c1ccc(C(=O)NO)cc1OC. The van der Waals surface area contributed by atoms with Crippen LogP contribution in [0.25, 0.3) is 0 Å². The number of carbonyl (C=O) groups is 1. The zero-order valence-corrected chi connectivity index (χ0v) is 9.78. The summed E-state index contributed by atoms with van der Waals surface area (Å²) in [6.45, 7) is 4.20. The summed E-state index contributed by atoms with van der Waals surface area (Å²) in [5.41, 5.74) is 3.05. The van der Waals surface area contributed by atoms with E-state index in [4.69, 9.17) is 9.94 Å². The topological polar surface area (TPSA) is 58.6 Å². The molecule has 0 aliphatic carbocycles. The van der Waals surface area contributed by atoms with Crippen LogP contribution in [0.3, 0.4) is 0 Å². The number of amides is 1. The summed E-state index contributed by atoms with van der Waals surface area (Å²) >= 11 is 0. The van der Waals surface area contributed by atoms with Crippen molar-refractivity contribution < 1.29 is 14.7 Å². The maximum Gasteiger partial charge on any atom is 0.274 e. The van der Waals surface area contributed by atoms with E-state index < -0.39 is 5.91 Å². The lowest BCUT2D eigenvalue weighted by Crippen LogP contribution is -2.18. The Morgan fingerprint density at radius 1 is 1.56 bits per heavy atom. The van der Waals surface area contributed by atoms with E-state index in [2.05, 4.69) is 13.8 Å². The summed E-state index contributed by atoms with van der Waals surface area (Å²) in [4.78, 5) is 11.2. The van der Waals surface area contributed by atoms with E-state index in [0.717, 1.165) is 12.0 Å². The number of hydroxylamine groups is 1. The predicted octanol–water partition coefficient (Wildman–Crippen LogP) is 2.33. The highest BCUT2D eigenvalue weighted by Crippen LogP contribution is 2.29. The molecule has 1 atom stereocenters. The van der Waals surface area contributed by atoms with Crippen LogP contribution in [0.15, 0.2) is 18.2 Å². The fourth-order valence-corrected chi connectivity index (χ4v) is 1.54. The van der Waals surface area contributed by atoms with Crippen LogP contribution < -0.4 is 10.2 Å². The van der Waals surface area contributed by atoms with E-state index >= 15 is 0 Å². The summed E-state index contributed by atoms with van der Waals surface area (Å²) in [6.07, 6.45) is 1.00. The van der Waals surface area contributed by atoms with E-state index in [1.807, 2.05) is 6.07 Å². The molecule has 1 aromatic rings. The summed E-state index contributed by atoms with van der Waals surface area (Å²) in [7, 11) is 1.57. The van der Waals surface area contributed by atoms with Gasteiger partial charge in [0, 0.05) is 5.56 Å². The summed E-state index contributed by atoms with van der Waals surface area (Å²) in [5.74, 6) is 0.519. The minimum atomic E-state index is -0.533. The second kappa shape index (κ2) is 5.51. The quantitative estimate of drug-likeness (QED) is 0.608. The van der Waals surface area contributed by atoms with Gasteiger partial charge < -0.3 is 4.74 Å². The number of ether oxygens (including phenoxy) is 1. The first-order chi connectivity index (χ1) is 7.63. The van der Waals surface area contributed by atoms with E-state index in [0.29, 0.717) is 17.2 Å². The maximum absolute atomic E-state index is 11.2. The Kier molecular flexibility index (Phi) is 4.31. The first-order valence-corrected chi connectivity index (χ1v) is 5.26. The van der Waals surface area contributed by atoms with Gasteiger partial charge >= 0.3 is 0 Å². The molecule has 16 heavy (non-hydrogen) atoms. The Hall–Kier alpha value is -1.55. The monoisotopic (exact) mass is 223 g/mol. The minimum absolute atomic E-state index is 0.376. The largest absolute Gasteiger partial charge is 0.496 e. The average Bonchev–Trinajstić information content (AvgIpc) is 2.35. The molecular weight excluding hydrogens is 206 g/mol. The molecule has 1 rings (SSSR count). The highest BCUT2D eigenvalue weighted by molar-refractivity contribution is 5.93. The van der Waals surface area contributed by atoms with Gasteiger partial charge in [-0.25, -0.2) is 5.48 Å². The van der Waals surface area contributed by atoms with Gasteiger partial charge in [-0.1, -0.05) is 19.9 Å². The third-order valence-corrected chi connectivity index (χ3v) is 2.74. The molecule has 0 fully saturated rings. The van der Waals surface area contributed by atoms with Crippen LogP contribution in [0, 0.1) is 0 Å². The average molecular weight is 223 g/mol. The van der Waals surface area contributed by atoms with Gasteiger partial charge in [0.05, 0.1) is 7.11 Å². The molecule has 0 bridgehead atoms. The van der Waals surface area contributed by atoms with Crippen molar-refractivity contribution in [3.63, 3.8) is 0 Å². The molecule has 1 unspecified atom stereocenters. The van der Waals surface area contributed by atoms with Crippen molar-refractivity contribution in [2.24, 2.45) is 0 Å². The van der Waals surface area contributed by atoms with Crippen molar-refractivity contribution >= 4 is 5.91 Å². The molecule has 0 radical (unpaired) electrons. The molecule has 88 valence electrons. The van der Waals surface area contributed by atoms with Crippen LogP contribution in [0.1, 0.15) is 42.1 Å². The molecule has 0 saturated heterocycles. The molecule has 2 N–H and O–H groups in total. The number of methoxy groups -OCH3 is 1. The Bertz CT molecular complexity index is 377. The van der Waals surface area contributed by atoms with Gasteiger partial charge in [-0.3, -0.25) is 10.0 Å². The van der Waals surface area contributed by atoms with E-state index in [1.165, 1.54) is 0 Å². The molecule has 0 heterocycles. The van der Waals surface area contributed by atoms with Crippen molar-refractivity contribution in [1.29, 1.82) is 0 Å². The van der Waals surface area contributed by atoms with Crippen LogP contribution in [-0.2, 0) is 0 Å². The van der Waals surface area contributed by atoms with Crippen molar-refractivity contribution in [3.8, 4) is 5.75 Å². The van der Waals surface area contributed by atoms with E-state index in [9.17, 15) is 4.79 Å². The molecule has 0 aliphatic heterocycles. The Morgan fingerprint density at radius 3 is 2.75 bits per heavy atom. The van der Waals surface area contributed by atoms with Crippen molar-refractivity contribution in [3.05, 3.63) is 29.3 Å². The smallest absolute Gasteiger partial charge is 0.274 e. The van der Waals surface area contributed by atoms with Crippen LogP contribution in [-0.4, -0.2) is 18.2 Å². The number of nitrogens with one attached hydrogen (secondary N) is 1. The van der Waals surface area contributed by atoms with Crippen LogP contribution in [0.5, 0.6) is 5.75 Å². The van der Waals surface area contributed by atoms with Gasteiger partial charge in [-0.15, -0.1) is 0 Å². The zero-order valence-electron chi connectivity index (χ0n) is 9.78. The minimum Gasteiger partial charge on any atom is -0.496 e. The fraction of sp³-hybridized carbons (Fsp3) is 0.417. The van der Waals surface area contributed by atoms with Gasteiger partial charge in [0.1, 0.15) is 5.75 Å².